The number of hydrogen-bond acceptors (Lipinski definition) is 1. The molecule has 1 nitrogen and oxygen atoms in total. The first-order chi connectivity index (χ1) is 2.27. The van der Waals surface area contributed by atoms with Crippen LogP contribution in [-0.4, -0.2) is 5.75 Å². The standard InChI is InChI=1S/C2H6FNS/c1-2-5(3)4/h5H,2H2,1H3. The maximum Gasteiger partial charge on any atom is 0.0709 e. The Hall–Kier alpha value is -0.0100. The van der Waals surface area contributed by atoms with Crippen LogP contribution in [0.25, 0.3) is 0 Å². The third-order valence-electron chi connectivity index (χ3n) is 0.261. The van der Waals surface area contributed by atoms with E-state index >= 15 is 0 Å². The van der Waals surface area contributed by atoms with Gasteiger partial charge in [-0.05, 0) is 0 Å². The Kier molecular flexibility index (Phi) is 2.24. The molecule has 0 aromatic heterocycles. The summed E-state index contributed by atoms with van der Waals surface area (Å²) in [5.41, 5.74) is 0. The van der Waals surface area contributed by atoms with E-state index < -0.39 is 10.9 Å². The van der Waals surface area contributed by atoms with Crippen molar-refractivity contribution in [3.05, 3.63) is 0 Å². The van der Waals surface area contributed by atoms with Crippen molar-refractivity contribution in [2.24, 2.45) is 0 Å². The fraction of sp³-hybridized carbons (Fsp3) is 1.00. The second-order valence-electron chi connectivity index (χ2n) is 0.653. The van der Waals surface area contributed by atoms with E-state index in [1.165, 1.54) is 0 Å². The predicted molar refractivity (Wildman–Crippen MR) is 22.4 cm³/mol. The Morgan fingerprint density at radius 1 is 2.00 bits per heavy atom. The zero-order valence-electron chi connectivity index (χ0n) is 2.98. The van der Waals surface area contributed by atoms with Gasteiger partial charge in [0.25, 0.3) is 0 Å². The van der Waals surface area contributed by atoms with Crippen molar-refractivity contribution in [2.45, 2.75) is 6.92 Å². The van der Waals surface area contributed by atoms with Crippen LogP contribution in [-0.2, 0) is 0 Å². The topological polar surface area (TPSA) is 23.8 Å². The minimum atomic E-state index is -2.10. The molecule has 0 bridgehead atoms. The van der Waals surface area contributed by atoms with E-state index in [0.29, 0.717) is 0 Å². The van der Waals surface area contributed by atoms with Gasteiger partial charge in [0.05, 0.1) is 10.9 Å². The van der Waals surface area contributed by atoms with Gasteiger partial charge in [0, 0.05) is 5.75 Å². The fourth-order valence-corrected chi connectivity index (χ4v) is 0. The first-order valence-electron chi connectivity index (χ1n) is 1.39. The monoisotopic (exact) mass is 95.0 g/mol. The third kappa shape index (κ3) is 3.99. The average Bonchev–Trinajstić information content (AvgIpc) is 1.38. The van der Waals surface area contributed by atoms with Gasteiger partial charge in [-0.25, -0.2) is 4.61 Å². The minimum absolute atomic E-state index is 0.259. The van der Waals surface area contributed by atoms with Crippen LogP contribution in [0, 0.1) is 4.61 Å². The summed E-state index contributed by atoms with van der Waals surface area (Å²) in [6, 6.07) is 0. The number of nitrogens with zero attached hydrogens (tertiary/aromatic N) is 1. The van der Waals surface area contributed by atoms with Crippen LogP contribution in [0.15, 0.2) is 0 Å². The zero-order valence-corrected chi connectivity index (χ0v) is 3.87. The Bertz CT molecular complexity index is 71.5. The van der Waals surface area contributed by atoms with Crippen molar-refractivity contribution in [1.29, 1.82) is 4.61 Å². The number of thiol groups is 1. The normalized spacial score (nSPS) is 14.6. The highest BCUT2D eigenvalue weighted by Gasteiger charge is 1.70. The fourth-order valence-electron chi connectivity index (χ4n) is 0. The first-order valence-corrected chi connectivity index (χ1v) is 2.76. The molecule has 0 spiro atoms. The highest BCUT2D eigenvalue weighted by atomic mass is 32.2. The van der Waals surface area contributed by atoms with Gasteiger partial charge in [-0.1, -0.05) is 6.92 Å². The molecule has 0 saturated carbocycles. The molecular weight excluding hydrogens is 89.1 g/mol. The third-order valence-corrected chi connectivity index (χ3v) is 0.783. The smallest absolute Gasteiger partial charge is 0.0709 e. The van der Waals surface area contributed by atoms with Crippen LogP contribution in [0.3, 0.4) is 0 Å². The lowest BCUT2D eigenvalue weighted by molar-refractivity contribution is 0.924. The van der Waals surface area contributed by atoms with Crippen LogP contribution < -0.4 is 0 Å². The summed E-state index contributed by atoms with van der Waals surface area (Å²) in [5.74, 6) is 0.259. The van der Waals surface area contributed by atoms with Crippen molar-refractivity contribution in [3.63, 3.8) is 0 Å². The zero-order chi connectivity index (χ0) is 4.28. The Morgan fingerprint density at radius 2 is 2.20 bits per heavy atom. The molecule has 3 heteroatoms. The molecule has 0 amide bonds. The van der Waals surface area contributed by atoms with Crippen LogP contribution in [0.2, 0.25) is 0 Å². The molecule has 0 heterocycles. The predicted octanol–water partition coefficient (Wildman–Crippen LogP) is 1.37. The van der Waals surface area contributed by atoms with E-state index in [1.807, 2.05) is 0 Å². The van der Waals surface area contributed by atoms with E-state index in [2.05, 4.69) is 0 Å². The molecule has 0 aromatic carbocycles. The molecule has 1 atom stereocenters. The van der Waals surface area contributed by atoms with Gasteiger partial charge in [0.1, 0.15) is 0 Å². The van der Waals surface area contributed by atoms with Crippen molar-refractivity contribution in [2.75, 3.05) is 5.75 Å². The number of hydrogen-bond donors (Lipinski definition) is 1. The lowest BCUT2D eigenvalue weighted by atomic mass is 11.0. The molecular formula is C2H6FNS. The van der Waals surface area contributed by atoms with Gasteiger partial charge in [0.15, 0.2) is 0 Å². The van der Waals surface area contributed by atoms with Crippen molar-refractivity contribution in [1.82, 2.24) is 0 Å². The minimum Gasteiger partial charge on any atom is -0.202 e. The second kappa shape index (κ2) is 2.24. The quantitative estimate of drug-likeness (QED) is 0.451. The van der Waals surface area contributed by atoms with E-state index in [9.17, 15) is 3.89 Å². The second-order valence-corrected chi connectivity index (χ2v) is 1.96. The molecule has 0 N–H and O–H groups in total. The lowest BCUT2D eigenvalue weighted by Crippen LogP contribution is -1.51. The maximum atomic E-state index is 11.1. The molecule has 0 radical (unpaired) electrons. The molecule has 0 saturated heterocycles. The molecule has 0 aliphatic heterocycles. The van der Waals surface area contributed by atoms with Crippen LogP contribution >= 0.6 is 10.9 Å². The maximum absolute atomic E-state index is 11.1. The Labute approximate surface area is 33.0 Å². The van der Waals surface area contributed by atoms with Gasteiger partial charge in [-0.2, -0.15) is 3.89 Å². The van der Waals surface area contributed by atoms with Gasteiger partial charge in [0.2, 0.25) is 0 Å². The number of rotatable bonds is 0. The number of halogens is 1. The summed E-state index contributed by atoms with van der Waals surface area (Å²) in [6.45, 7) is 1.60. The van der Waals surface area contributed by atoms with Gasteiger partial charge in [-0.3, -0.25) is 0 Å². The van der Waals surface area contributed by atoms with Crippen LogP contribution in [0.1, 0.15) is 6.92 Å². The molecule has 5 heavy (non-hydrogen) atoms. The Morgan fingerprint density at radius 3 is 2.20 bits per heavy atom. The summed E-state index contributed by atoms with van der Waals surface area (Å²) in [4.78, 5) is 0. The molecule has 32 valence electrons. The Balaban J connectivity index is 2.97. The van der Waals surface area contributed by atoms with Gasteiger partial charge < -0.3 is 0 Å². The first kappa shape index (κ1) is 4.99. The van der Waals surface area contributed by atoms with E-state index in [1.54, 1.807) is 6.92 Å². The van der Waals surface area contributed by atoms with Crippen LogP contribution in [0.5, 0.6) is 0 Å². The van der Waals surface area contributed by atoms with Crippen molar-refractivity contribution < 1.29 is 3.89 Å². The molecule has 0 aliphatic rings. The van der Waals surface area contributed by atoms with E-state index in [-0.39, 0.29) is 5.75 Å². The summed E-state index contributed by atoms with van der Waals surface area (Å²) in [7, 11) is -2.10. The summed E-state index contributed by atoms with van der Waals surface area (Å²) >= 11 is 0. The SMILES string of the molecule is CC[SH](#N)F. The molecule has 0 fully saturated rings. The van der Waals surface area contributed by atoms with Gasteiger partial charge >= 0.3 is 0 Å². The molecule has 0 aromatic rings. The van der Waals surface area contributed by atoms with Crippen molar-refractivity contribution >= 4 is 10.9 Å². The van der Waals surface area contributed by atoms with Crippen LogP contribution in [0.4, 0.5) is 3.89 Å². The summed E-state index contributed by atoms with van der Waals surface area (Å²) < 4.78 is 18.8. The van der Waals surface area contributed by atoms with Crippen molar-refractivity contribution in [3.8, 4) is 0 Å². The highest BCUT2D eigenvalue weighted by Crippen LogP contribution is 2.03. The van der Waals surface area contributed by atoms with E-state index in [4.69, 9.17) is 4.61 Å². The highest BCUT2D eigenvalue weighted by molar-refractivity contribution is 7.99. The largest absolute Gasteiger partial charge is 0.202 e. The molecule has 1 unspecified atom stereocenters. The van der Waals surface area contributed by atoms with Gasteiger partial charge in [-0.15, -0.1) is 0 Å². The summed E-state index contributed by atoms with van der Waals surface area (Å²) in [5, 5.41) is 0. The molecule has 0 aliphatic carbocycles. The van der Waals surface area contributed by atoms with E-state index in [0.717, 1.165) is 0 Å². The molecule has 0 rings (SSSR count). The summed E-state index contributed by atoms with van der Waals surface area (Å²) in [6.07, 6.45) is 0. The average molecular weight is 95.1 g/mol. The lowest BCUT2D eigenvalue weighted by Gasteiger charge is -1.70.